The molecule has 0 aliphatic rings. The van der Waals surface area contributed by atoms with Crippen molar-refractivity contribution in [2.75, 3.05) is 6.61 Å². The van der Waals surface area contributed by atoms with Crippen molar-refractivity contribution < 1.29 is 15.0 Å². The lowest BCUT2D eigenvalue weighted by Crippen LogP contribution is -2.45. The van der Waals surface area contributed by atoms with Gasteiger partial charge in [0.1, 0.15) is 0 Å². The van der Waals surface area contributed by atoms with Crippen LogP contribution in [0.3, 0.4) is 0 Å². The number of hydrogen-bond acceptors (Lipinski definition) is 3. The number of hydrogen-bond donors (Lipinski definition) is 3. The molecule has 0 heterocycles. The molecular formula is C53H105NO3. The first-order valence-electron chi connectivity index (χ1n) is 26.4. The van der Waals surface area contributed by atoms with Gasteiger partial charge in [0.2, 0.25) is 5.91 Å². The number of aliphatic hydroxyl groups excluding tert-OH is 2. The quantitative estimate of drug-likeness (QED) is 0.0424. The largest absolute Gasteiger partial charge is 0.394 e. The maximum absolute atomic E-state index is 12.4. The molecule has 1 amide bonds. The standard InChI is InChI=1S/C53H105NO3/c1-3-5-7-9-11-13-15-17-19-21-23-24-25-26-27-28-29-31-32-34-36-38-40-42-44-46-48-52(56)51(50-55)54-53(57)49-47-45-43-41-39-37-35-33-30-22-20-18-16-14-12-10-8-6-4-2/h46,48,51-52,55-56H,3-45,47,49-50H2,1-2H3,(H,54,57)/b48-46+. The molecule has 0 bridgehead atoms. The maximum Gasteiger partial charge on any atom is 0.220 e. The van der Waals surface area contributed by atoms with Crippen molar-refractivity contribution in [3.63, 3.8) is 0 Å². The Morgan fingerprint density at radius 3 is 0.912 bits per heavy atom. The molecule has 57 heavy (non-hydrogen) atoms. The average molecular weight is 804 g/mol. The van der Waals surface area contributed by atoms with Crippen LogP contribution in [0, 0.1) is 0 Å². The highest BCUT2D eigenvalue weighted by molar-refractivity contribution is 5.76. The van der Waals surface area contributed by atoms with Gasteiger partial charge in [0, 0.05) is 6.42 Å². The molecule has 4 heteroatoms. The van der Waals surface area contributed by atoms with Crippen LogP contribution >= 0.6 is 0 Å². The van der Waals surface area contributed by atoms with Crippen LogP contribution in [-0.4, -0.2) is 34.9 Å². The van der Waals surface area contributed by atoms with E-state index >= 15 is 0 Å². The number of unbranched alkanes of at least 4 members (excludes halogenated alkanes) is 42. The van der Waals surface area contributed by atoms with E-state index in [1.165, 1.54) is 257 Å². The van der Waals surface area contributed by atoms with Crippen molar-refractivity contribution >= 4 is 5.91 Å². The Kier molecular flexibility index (Phi) is 48.7. The van der Waals surface area contributed by atoms with E-state index in [2.05, 4.69) is 19.2 Å². The lowest BCUT2D eigenvalue weighted by molar-refractivity contribution is -0.123. The Balaban J connectivity index is 3.46. The minimum atomic E-state index is -0.835. The Bertz CT molecular complexity index is 784. The predicted molar refractivity (Wildman–Crippen MR) is 253 cm³/mol. The Hall–Kier alpha value is -0.870. The highest BCUT2D eigenvalue weighted by Crippen LogP contribution is 2.17. The first-order chi connectivity index (χ1) is 28.2. The van der Waals surface area contributed by atoms with Gasteiger partial charge in [0.05, 0.1) is 18.8 Å². The molecule has 0 aromatic carbocycles. The molecule has 0 saturated carbocycles. The van der Waals surface area contributed by atoms with Crippen LogP contribution in [-0.2, 0) is 4.79 Å². The fraction of sp³-hybridized carbons (Fsp3) is 0.943. The number of nitrogens with one attached hydrogen (secondary N) is 1. The molecule has 0 rings (SSSR count). The van der Waals surface area contributed by atoms with Crippen molar-refractivity contribution in [2.45, 2.75) is 315 Å². The van der Waals surface area contributed by atoms with Crippen molar-refractivity contribution in [1.29, 1.82) is 0 Å². The molecule has 0 aromatic heterocycles. The summed E-state index contributed by atoms with van der Waals surface area (Å²) >= 11 is 0. The molecule has 0 aromatic rings. The van der Waals surface area contributed by atoms with Gasteiger partial charge in [-0.2, -0.15) is 0 Å². The zero-order chi connectivity index (χ0) is 41.4. The lowest BCUT2D eigenvalue weighted by atomic mass is 10.0. The van der Waals surface area contributed by atoms with Gasteiger partial charge in [-0.15, -0.1) is 0 Å². The average Bonchev–Trinajstić information content (AvgIpc) is 3.22. The lowest BCUT2D eigenvalue weighted by Gasteiger charge is -2.20. The molecule has 340 valence electrons. The van der Waals surface area contributed by atoms with Crippen LogP contribution in [0.2, 0.25) is 0 Å². The summed E-state index contributed by atoms with van der Waals surface area (Å²) in [6.07, 6.45) is 63.6. The van der Waals surface area contributed by atoms with Gasteiger partial charge in [-0.3, -0.25) is 4.79 Å². The van der Waals surface area contributed by atoms with Gasteiger partial charge in [-0.05, 0) is 19.3 Å². The Morgan fingerprint density at radius 2 is 0.649 bits per heavy atom. The van der Waals surface area contributed by atoms with Crippen molar-refractivity contribution in [3.8, 4) is 0 Å². The fourth-order valence-electron chi connectivity index (χ4n) is 8.48. The van der Waals surface area contributed by atoms with E-state index in [0.29, 0.717) is 6.42 Å². The topological polar surface area (TPSA) is 69.6 Å². The third kappa shape index (κ3) is 46.1. The van der Waals surface area contributed by atoms with Gasteiger partial charge < -0.3 is 15.5 Å². The van der Waals surface area contributed by atoms with Gasteiger partial charge in [0.25, 0.3) is 0 Å². The summed E-state index contributed by atoms with van der Waals surface area (Å²) in [4.78, 5) is 12.4. The molecule has 4 nitrogen and oxygen atoms in total. The molecule has 2 atom stereocenters. The van der Waals surface area contributed by atoms with Crippen molar-refractivity contribution in [1.82, 2.24) is 5.32 Å². The van der Waals surface area contributed by atoms with E-state index in [1.54, 1.807) is 6.08 Å². The van der Waals surface area contributed by atoms with E-state index < -0.39 is 12.1 Å². The summed E-state index contributed by atoms with van der Waals surface area (Å²) in [5.74, 6) is -0.0569. The van der Waals surface area contributed by atoms with Crippen molar-refractivity contribution in [3.05, 3.63) is 12.2 Å². The van der Waals surface area contributed by atoms with Crippen LogP contribution in [0.1, 0.15) is 303 Å². The molecule has 0 aliphatic heterocycles. The smallest absolute Gasteiger partial charge is 0.220 e. The molecule has 2 unspecified atom stereocenters. The number of rotatable bonds is 49. The summed E-state index contributed by atoms with van der Waals surface area (Å²) in [5, 5.41) is 23.1. The van der Waals surface area contributed by atoms with E-state index in [1.807, 2.05) is 6.08 Å². The van der Waals surface area contributed by atoms with Crippen LogP contribution in [0.5, 0.6) is 0 Å². The van der Waals surface area contributed by atoms with Crippen LogP contribution < -0.4 is 5.32 Å². The number of allylic oxidation sites excluding steroid dienone is 1. The first kappa shape index (κ1) is 56.1. The molecule has 0 saturated heterocycles. The SMILES string of the molecule is CCCCCCCCCCCCCCCCCCCCCCCCCC/C=C/C(O)C(CO)NC(=O)CCCCCCCCCCCCCCCCCCCCC. The highest BCUT2D eigenvalue weighted by Gasteiger charge is 2.18. The molecule has 0 spiro atoms. The molecular weight excluding hydrogens is 699 g/mol. The molecule has 0 radical (unpaired) electrons. The minimum Gasteiger partial charge on any atom is -0.394 e. The Labute approximate surface area is 358 Å². The third-order valence-electron chi connectivity index (χ3n) is 12.5. The zero-order valence-corrected chi connectivity index (χ0v) is 39.1. The second-order valence-corrected chi connectivity index (χ2v) is 18.3. The second kappa shape index (κ2) is 49.5. The number of carbonyl (C=O) groups is 1. The van der Waals surface area contributed by atoms with E-state index in [4.69, 9.17) is 0 Å². The van der Waals surface area contributed by atoms with Crippen LogP contribution in [0.15, 0.2) is 12.2 Å². The number of carbonyl (C=O) groups excluding carboxylic acids is 1. The van der Waals surface area contributed by atoms with Gasteiger partial charge >= 0.3 is 0 Å². The van der Waals surface area contributed by atoms with Crippen LogP contribution in [0.4, 0.5) is 0 Å². The van der Waals surface area contributed by atoms with Crippen LogP contribution in [0.25, 0.3) is 0 Å². The second-order valence-electron chi connectivity index (χ2n) is 18.3. The summed E-state index contributed by atoms with van der Waals surface area (Å²) in [6, 6.07) is -0.617. The maximum atomic E-state index is 12.4. The summed E-state index contributed by atoms with van der Waals surface area (Å²) in [5.41, 5.74) is 0. The van der Waals surface area contributed by atoms with E-state index in [9.17, 15) is 15.0 Å². The van der Waals surface area contributed by atoms with E-state index in [-0.39, 0.29) is 12.5 Å². The summed E-state index contributed by atoms with van der Waals surface area (Å²) in [7, 11) is 0. The minimum absolute atomic E-state index is 0.0569. The van der Waals surface area contributed by atoms with Gasteiger partial charge in [-0.1, -0.05) is 289 Å². The Morgan fingerprint density at radius 1 is 0.404 bits per heavy atom. The van der Waals surface area contributed by atoms with Gasteiger partial charge in [0.15, 0.2) is 0 Å². The molecule has 0 fully saturated rings. The third-order valence-corrected chi connectivity index (χ3v) is 12.5. The normalized spacial score (nSPS) is 12.8. The fourth-order valence-corrected chi connectivity index (χ4v) is 8.48. The molecule has 3 N–H and O–H groups in total. The van der Waals surface area contributed by atoms with E-state index in [0.717, 1.165) is 25.7 Å². The zero-order valence-electron chi connectivity index (χ0n) is 39.1. The number of aliphatic hydroxyl groups is 2. The first-order valence-corrected chi connectivity index (χ1v) is 26.4. The summed E-state index contributed by atoms with van der Waals surface area (Å²) < 4.78 is 0. The number of amides is 1. The van der Waals surface area contributed by atoms with Gasteiger partial charge in [-0.25, -0.2) is 0 Å². The van der Waals surface area contributed by atoms with Crippen molar-refractivity contribution in [2.24, 2.45) is 0 Å². The molecule has 0 aliphatic carbocycles. The monoisotopic (exact) mass is 804 g/mol. The summed E-state index contributed by atoms with van der Waals surface area (Å²) in [6.45, 7) is 4.35. The predicted octanol–water partition coefficient (Wildman–Crippen LogP) is 17.0. The highest BCUT2D eigenvalue weighted by atomic mass is 16.3.